The van der Waals surface area contributed by atoms with Crippen LogP contribution in [-0.4, -0.2) is 14.9 Å². The molecular weight excluding hydrogens is 216 g/mol. The van der Waals surface area contributed by atoms with Crippen LogP contribution in [0.5, 0.6) is 5.75 Å². The van der Waals surface area contributed by atoms with Gasteiger partial charge in [-0.1, -0.05) is 24.3 Å². The maximum absolute atomic E-state index is 12.1. The number of hydrogen-bond acceptors (Lipinski definition) is 3. The molecule has 2 rings (SSSR count). The van der Waals surface area contributed by atoms with Gasteiger partial charge >= 0.3 is 0 Å². The number of nitrogens with zero attached hydrogens (tertiary/aromatic N) is 2. The minimum absolute atomic E-state index is 0.0750. The zero-order valence-electron chi connectivity index (χ0n) is 9.84. The predicted molar refractivity (Wildman–Crippen MR) is 66.0 cm³/mol. The number of aromatic hydroxyl groups is 1. The van der Waals surface area contributed by atoms with Crippen molar-refractivity contribution in [2.45, 2.75) is 20.4 Å². The molecule has 0 atom stereocenters. The Kier molecular flexibility index (Phi) is 2.95. The first kappa shape index (κ1) is 11.4. The lowest BCUT2D eigenvalue weighted by Gasteiger charge is -2.09. The van der Waals surface area contributed by atoms with Crippen molar-refractivity contribution >= 4 is 0 Å². The molecule has 4 heteroatoms. The second-order valence-electron chi connectivity index (χ2n) is 3.84. The molecule has 0 spiro atoms. The highest BCUT2D eigenvalue weighted by atomic mass is 16.3. The molecule has 2 aromatic rings. The SMILES string of the molecule is CCn1ncc(O)c(-c2ccccc2C)c1=O. The van der Waals surface area contributed by atoms with E-state index in [1.165, 1.54) is 10.9 Å². The summed E-state index contributed by atoms with van der Waals surface area (Å²) < 4.78 is 1.33. The van der Waals surface area contributed by atoms with Gasteiger partial charge in [0.15, 0.2) is 0 Å². The smallest absolute Gasteiger partial charge is 0.278 e. The number of rotatable bonds is 2. The molecule has 1 heterocycles. The molecule has 0 amide bonds. The Morgan fingerprint density at radius 2 is 2.06 bits per heavy atom. The lowest BCUT2D eigenvalue weighted by molar-refractivity contribution is 0.463. The Labute approximate surface area is 99.2 Å². The summed E-state index contributed by atoms with van der Waals surface area (Å²) in [6.45, 7) is 4.23. The molecule has 0 aliphatic rings. The van der Waals surface area contributed by atoms with Gasteiger partial charge < -0.3 is 5.11 Å². The van der Waals surface area contributed by atoms with Gasteiger partial charge in [0.25, 0.3) is 5.56 Å². The van der Waals surface area contributed by atoms with Crippen LogP contribution in [0.4, 0.5) is 0 Å². The van der Waals surface area contributed by atoms with E-state index in [-0.39, 0.29) is 11.3 Å². The Hall–Kier alpha value is -2.10. The van der Waals surface area contributed by atoms with E-state index in [1.807, 2.05) is 38.1 Å². The molecule has 4 nitrogen and oxygen atoms in total. The van der Waals surface area contributed by atoms with Crippen LogP contribution in [0.1, 0.15) is 12.5 Å². The lowest BCUT2D eigenvalue weighted by atomic mass is 10.0. The summed E-state index contributed by atoms with van der Waals surface area (Å²) in [5.74, 6) is -0.0750. The van der Waals surface area contributed by atoms with E-state index in [2.05, 4.69) is 5.10 Å². The molecule has 0 radical (unpaired) electrons. The number of aryl methyl sites for hydroxylation is 2. The normalized spacial score (nSPS) is 10.5. The molecule has 0 saturated carbocycles. The van der Waals surface area contributed by atoms with Crippen LogP contribution in [0.3, 0.4) is 0 Å². The molecule has 1 aromatic heterocycles. The minimum atomic E-state index is -0.262. The second-order valence-corrected chi connectivity index (χ2v) is 3.84. The Bertz CT molecular complexity index is 603. The fourth-order valence-corrected chi connectivity index (χ4v) is 1.81. The summed E-state index contributed by atoms with van der Waals surface area (Å²) in [5.41, 5.74) is 1.76. The van der Waals surface area contributed by atoms with Crippen molar-refractivity contribution in [2.24, 2.45) is 0 Å². The van der Waals surface area contributed by atoms with E-state index in [1.54, 1.807) is 0 Å². The van der Waals surface area contributed by atoms with Crippen LogP contribution in [0.15, 0.2) is 35.3 Å². The van der Waals surface area contributed by atoms with Crippen molar-refractivity contribution < 1.29 is 5.11 Å². The molecule has 88 valence electrons. The highest BCUT2D eigenvalue weighted by Gasteiger charge is 2.13. The Balaban J connectivity index is 2.76. The molecule has 17 heavy (non-hydrogen) atoms. The number of aromatic nitrogens is 2. The Morgan fingerprint density at radius 3 is 2.71 bits per heavy atom. The maximum atomic E-state index is 12.1. The molecule has 0 unspecified atom stereocenters. The van der Waals surface area contributed by atoms with Gasteiger partial charge in [-0.2, -0.15) is 5.10 Å². The van der Waals surface area contributed by atoms with Crippen molar-refractivity contribution in [3.8, 4) is 16.9 Å². The van der Waals surface area contributed by atoms with Gasteiger partial charge in [0, 0.05) is 6.54 Å². The van der Waals surface area contributed by atoms with Gasteiger partial charge in [0.2, 0.25) is 0 Å². The summed E-state index contributed by atoms with van der Waals surface area (Å²) >= 11 is 0. The summed E-state index contributed by atoms with van der Waals surface area (Å²) in [6, 6.07) is 7.48. The van der Waals surface area contributed by atoms with Gasteiger partial charge in [-0.25, -0.2) is 4.68 Å². The van der Waals surface area contributed by atoms with Crippen molar-refractivity contribution in [1.29, 1.82) is 0 Å². The monoisotopic (exact) mass is 230 g/mol. The third-order valence-corrected chi connectivity index (χ3v) is 2.74. The largest absolute Gasteiger partial charge is 0.505 e. The van der Waals surface area contributed by atoms with Crippen molar-refractivity contribution in [3.63, 3.8) is 0 Å². The van der Waals surface area contributed by atoms with Gasteiger partial charge in [-0.3, -0.25) is 4.79 Å². The standard InChI is InChI=1S/C13H14N2O2/c1-3-15-13(17)12(11(16)8-14-15)10-7-5-4-6-9(10)2/h4-8,16H,3H2,1-2H3. The van der Waals surface area contributed by atoms with Crippen LogP contribution in [0.2, 0.25) is 0 Å². The van der Waals surface area contributed by atoms with Crippen molar-refractivity contribution in [2.75, 3.05) is 0 Å². The van der Waals surface area contributed by atoms with Gasteiger partial charge in [0.05, 0.1) is 11.8 Å². The summed E-state index contributed by atoms with van der Waals surface area (Å²) in [4.78, 5) is 12.1. The van der Waals surface area contributed by atoms with Crippen LogP contribution >= 0.6 is 0 Å². The van der Waals surface area contributed by atoms with E-state index in [9.17, 15) is 9.90 Å². The highest BCUT2D eigenvalue weighted by Crippen LogP contribution is 2.26. The summed E-state index contributed by atoms with van der Waals surface area (Å²) in [7, 11) is 0. The van der Waals surface area contributed by atoms with Crippen LogP contribution in [-0.2, 0) is 6.54 Å². The summed E-state index contributed by atoms with van der Waals surface area (Å²) in [6.07, 6.45) is 1.31. The first-order valence-corrected chi connectivity index (χ1v) is 5.50. The highest BCUT2D eigenvalue weighted by molar-refractivity contribution is 5.71. The summed E-state index contributed by atoms with van der Waals surface area (Å²) in [5, 5.41) is 13.7. The second kappa shape index (κ2) is 4.41. The first-order valence-electron chi connectivity index (χ1n) is 5.50. The van der Waals surface area contributed by atoms with Gasteiger partial charge in [-0.05, 0) is 25.0 Å². The van der Waals surface area contributed by atoms with E-state index >= 15 is 0 Å². The maximum Gasteiger partial charge on any atom is 0.278 e. The fourth-order valence-electron chi connectivity index (χ4n) is 1.81. The topological polar surface area (TPSA) is 55.1 Å². The van der Waals surface area contributed by atoms with Crippen LogP contribution < -0.4 is 5.56 Å². The number of benzene rings is 1. The van der Waals surface area contributed by atoms with Crippen molar-refractivity contribution in [1.82, 2.24) is 9.78 Å². The van der Waals surface area contributed by atoms with Gasteiger partial charge in [-0.15, -0.1) is 0 Å². The van der Waals surface area contributed by atoms with Crippen LogP contribution in [0.25, 0.3) is 11.1 Å². The molecule has 0 saturated heterocycles. The predicted octanol–water partition coefficient (Wildman–Crippen LogP) is 1.94. The molecule has 0 aliphatic heterocycles. The molecule has 0 fully saturated rings. The average Bonchev–Trinajstić information content (AvgIpc) is 2.32. The zero-order chi connectivity index (χ0) is 12.4. The number of hydrogen-bond donors (Lipinski definition) is 1. The molecular formula is C13H14N2O2. The van der Waals surface area contributed by atoms with Crippen LogP contribution in [0, 0.1) is 6.92 Å². The minimum Gasteiger partial charge on any atom is -0.505 e. The average molecular weight is 230 g/mol. The third-order valence-electron chi connectivity index (χ3n) is 2.74. The third kappa shape index (κ3) is 1.93. The quantitative estimate of drug-likeness (QED) is 0.857. The van der Waals surface area contributed by atoms with E-state index in [0.717, 1.165) is 11.1 Å². The van der Waals surface area contributed by atoms with E-state index < -0.39 is 0 Å². The zero-order valence-corrected chi connectivity index (χ0v) is 9.84. The van der Waals surface area contributed by atoms with Gasteiger partial charge in [0.1, 0.15) is 5.75 Å². The molecule has 1 N–H and O–H groups in total. The molecule has 1 aromatic carbocycles. The van der Waals surface area contributed by atoms with Crippen molar-refractivity contribution in [3.05, 3.63) is 46.4 Å². The molecule has 0 aliphatic carbocycles. The van der Waals surface area contributed by atoms with E-state index in [0.29, 0.717) is 12.1 Å². The lowest BCUT2D eigenvalue weighted by Crippen LogP contribution is -2.23. The Morgan fingerprint density at radius 1 is 1.35 bits per heavy atom. The molecule has 0 bridgehead atoms. The fraction of sp³-hybridized carbons (Fsp3) is 0.231. The first-order chi connectivity index (χ1) is 8.15. The van der Waals surface area contributed by atoms with E-state index in [4.69, 9.17) is 0 Å².